The lowest BCUT2D eigenvalue weighted by Crippen LogP contribution is -2.43. The monoisotopic (exact) mass is 239 g/mol. The van der Waals surface area contributed by atoms with Crippen LogP contribution in [0.15, 0.2) is 0 Å². The lowest BCUT2D eigenvalue weighted by molar-refractivity contribution is 0.0628. The van der Waals surface area contributed by atoms with Gasteiger partial charge in [0.25, 0.3) is 0 Å². The Labute approximate surface area is 102 Å². The summed E-state index contributed by atoms with van der Waals surface area (Å²) in [6.45, 7) is 0.984. The van der Waals surface area contributed by atoms with Gasteiger partial charge in [0.2, 0.25) is 0 Å². The summed E-state index contributed by atoms with van der Waals surface area (Å²) >= 11 is 0. The molecule has 0 amide bonds. The predicted octanol–water partition coefficient (Wildman–Crippen LogP) is 0.778. The molecule has 1 aromatic heterocycles. The van der Waals surface area contributed by atoms with Gasteiger partial charge in [0, 0.05) is 5.54 Å². The third kappa shape index (κ3) is 3.74. The van der Waals surface area contributed by atoms with E-state index in [0.717, 1.165) is 12.8 Å². The van der Waals surface area contributed by atoms with Gasteiger partial charge >= 0.3 is 0 Å². The SMILES string of the molecule is Cn1nnc(COCC2(N)CCCCCC2)n1. The number of aromatic nitrogens is 4. The van der Waals surface area contributed by atoms with Crippen molar-refractivity contribution in [3.63, 3.8) is 0 Å². The van der Waals surface area contributed by atoms with Crippen LogP contribution in [0.25, 0.3) is 0 Å². The molecule has 0 radical (unpaired) electrons. The third-order valence-corrected chi connectivity index (χ3v) is 3.27. The third-order valence-electron chi connectivity index (χ3n) is 3.27. The van der Waals surface area contributed by atoms with E-state index in [9.17, 15) is 0 Å². The molecule has 0 bridgehead atoms. The van der Waals surface area contributed by atoms with Crippen LogP contribution >= 0.6 is 0 Å². The highest BCUT2D eigenvalue weighted by Crippen LogP contribution is 2.25. The van der Waals surface area contributed by atoms with Crippen LogP contribution in [0.5, 0.6) is 0 Å². The van der Waals surface area contributed by atoms with Crippen LogP contribution in [-0.4, -0.2) is 32.4 Å². The molecule has 0 aromatic carbocycles. The maximum absolute atomic E-state index is 6.34. The molecule has 0 atom stereocenters. The molecule has 2 rings (SSSR count). The Balaban J connectivity index is 1.76. The van der Waals surface area contributed by atoms with E-state index in [2.05, 4.69) is 15.4 Å². The van der Waals surface area contributed by atoms with Crippen molar-refractivity contribution in [2.45, 2.75) is 50.7 Å². The van der Waals surface area contributed by atoms with Gasteiger partial charge < -0.3 is 10.5 Å². The Bertz CT molecular complexity index is 343. The quantitative estimate of drug-likeness (QED) is 0.785. The van der Waals surface area contributed by atoms with Crippen molar-refractivity contribution in [2.75, 3.05) is 6.61 Å². The molecule has 1 aliphatic carbocycles. The fourth-order valence-electron chi connectivity index (χ4n) is 2.30. The zero-order valence-corrected chi connectivity index (χ0v) is 10.4. The summed E-state index contributed by atoms with van der Waals surface area (Å²) in [7, 11) is 1.74. The number of rotatable bonds is 4. The molecule has 0 saturated heterocycles. The largest absolute Gasteiger partial charge is 0.371 e. The highest BCUT2D eigenvalue weighted by Gasteiger charge is 2.26. The maximum Gasteiger partial charge on any atom is 0.200 e. The van der Waals surface area contributed by atoms with Gasteiger partial charge in [0.15, 0.2) is 5.82 Å². The highest BCUT2D eigenvalue weighted by molar-refractivity contribution is 4.86. The van der Waals surface area contributed by atoms with Gasteiger partial charge in [0.05, 0.1) is 13.7 Å². The number of hydrogen-bond acceptors (Lipinski definition) is 5. The average Bonchev–Trinajstić information content (AvgIpc) is 2.58. The molecular weight excluding hydrogens is 218 g/mol. The van der Waals surface area contributed by atoms with Crippen LogP contribution in [0.2, 0.25) is 0 Å². The Morgan fingerprint density at radius 1 is 1.29 bits per heavy atom. The van der Waals surface area contributed by atoms with Crippen LogP contribution in [-0.2, 0) is 18.4 Å². The van der Waals surface area contributed by atoms with Gasteiger partial charge in [-0.05, 0) is 18.1 Å². The Morgan fingerprint density at radius 2 is 2.00 bits per heavy atom. The predicted molar refractivity (Wildman–Crippen MR) is 63.1 cm³/mol. The van der Waals surface area contributed by atoms with E-state index in [-0.39, 0.29) is 5.54 Å². The summed E-state index contributed by atoms with van der Waals surface area (Å²) in [4.78, 5) is 1.43. The van der Waals surface area contributed by atoms with Crippen molar-refractivity contribution < 1.29 is 4.74 Å². The Kier molecular flexibility index (Phi) is 4.06. The number of nitrogens with two attached hydrogens (primary N) is 1. The summed E-state index contributed by atoms with van der Waals surface area (Å²) in [5.41, 5.74) is 6.19. The van der Waals surface area contributed by atoms with E-state index in [4.69, 9.17) is 10.5 Å². The molecule has 6 heteroatoms. The molecule has 2 N–H and O–H groups in total. The van der Waals surface area contributed by atoms with E-state index in [1.54, 1.807) is 7.05 Å². The summed E-state index contributed by atoms with van der Waals surface area (Å²) in [6.07, 6.45) is 7.13. The van der Waals surface area contributed by atoms with Gasteiger partial charge in [-0.1, -0.05) is 25.7 Å². The topological polar surface area (TPSA) is 78.8 Å². The highest BCUT2D eigenvalue weighted by atomic mass is 16.5. The van der Waals surface area contributed by atoms with Crippen LogP contribution < -0.4 is 5.73 Å². The molecular formula is C11H21N5O. The van der Waals surface area contributed by atoms with Crippen molar-refractivity contribution in [1.29, 1.82) is 0 Å². The lowest BCUT2D eigenvalue weighted by Gasteiger charge is -2.27. The van der Waals surface area contributed by atoms with E-state index in [1.807, 2.05) is 0 Å². The molecule has 17 heavy (non-hydrogen) atoms. The lowest BCUT2D eigenvalue weighted by atomic mass is 9.93. The van der Waals surface area contributed by atoms with E-state index in [0.29, 0.717) is 19.0 Å². The van der Waals surface area contributed by atoms with E-state index < -0.39 is 0 Å². The van der Waals surface area contributed by atoms with Crippen molar-refractivity contribution in [3.05, 3.63) is 5.82 Å². The first-order valence-corrected chi connectivity index (χ1v) is 6.27. The smallest absolute Gasteiger partial charge is 0.200 e. The number of tetrazole rings is 1. The zero-order chi connectivity index (χ0) is 12.1. The second kappa shape index (κ2) is 5.55. The molecule has 1 saturated carbocycles. The molecule has 0 unspecified atom stereocenters. The summed E-state index contributed by atoms with van der Waals surface area (Å²) < 4.78 is 5.63. The van der Waals surface area contributed by atoms with Gasteiger partial charge in [-0.25, -0.2) is 0 Å². The minimum Gasteiger partial charge on any atom is -0.371 e. The fraction of sp³-hybridized carbons (Fsp3) is 0.909. The fourth-order valence-corrected chi connectivity index (χ4v) is 2.30. The molecule has 0 aliphatic heterocycles. The van der Waals surface area contributed by atoms with Gasteiger partial charge in [0.1, 0.15) is 6.61 Å². The van der Waals surface area contributed by atoms with Gasteiger partial charge in [-0.15, -0.1) is 10.2 Å². The van der Waals surface area contributed by atoms with Gasteiger partial charge in [-0.2, -0.15) is 4.80 Å². The van der Waals surface area contributed by atoms with E-state index in [1.165, 1.54) is 30.5 Å². The summed E-state index contributed by atoms with van der Waals surface area (Å²) in [6, 6.07) is 0. The van der Waals surface area contributed by atoms with Crippen LogP contribution in [0.3, 0.4) is 0 Å². The zero-order valence-electron chi connectivity index (χ0n) is 10.4. The minimum absolute atomic E-state index is 0.154. The first-order chi connectivity index (χ1) is 8.18. The van der Waals surface area contributed by atoms with Crippen LogP contribution in [0, 0.1) is 0 Å². The second-order valence-corrected chi connectivity index (χ2v) is 4.96. The van der Waals surface area contributed by atoms with Gasteiger partial charge in [-0.3, -0.25) is 0 Å². The summed E-state index contributed by atoms with van der Waals surface area (Å²) in [5, 5.41) is 11.7. The molecule has 1 fully saturated rings. The first-order valence-electron chi connectivity index (χ1n) is 6.27. The van der Waals surface area contributed by atoms with Crippen molar-refractivity contribution in [3.8, 4) is 0 Å². The van der Waals surface area contributed by atoms with Crippen molar-refractivity contribution >= 4 is 0 Å². The van der Waals surface area contributed by atoms with E-state index >= 15 is 0 Å². The van der Waals surface area contributed by atoms with Crippen molar-refractivity contribution in [1.82, 2.24) is 20.2 Å². The normalized spacial score (nSPS) is 20.1. The molecule has 6 nitrogen and oxygen atoms in total. The number of nitrogens with zero attached hydrogens (tertiary/aromatic N) is 4. The number of aryl methyl sites for hydroxylation is 1. The first kappa shape index (κ1) is 12.4. The molecule has 0 spiro atoms. The number of hydrogen-bond donors (Lipinski definition) is 1. The average molecular weight is 239 g/mol. The molecule has 96 valence electrons. The minimum atomic E-state index is -0.154. The molecule has 1 heterocycles. The second-order valence-electron chi connectivity index (χ2n) is 4.96. The molecule has 1 aliphatic rings. The molecule has 1 aromatic rings. The Morgan fingerprint density at radius 3 is 2.59 bits per heavy atom. The van der Waals surface area contributed by atoms with Crippen LogP contribution in [0.1, 0.15) is 44.3 Å². The number of ether oxygens (including phenoxy) is 1. The summed E-state index contributed by atoms with van der Waals surface area (Å²) in [5.74, 6) is 0.615. The Hall–Kier alpha value is -1.01. The van der Waals surface area contributed by atoms with Crippen LogP contribution in [0.4, 0.5) is 0 Å². The standard InChI is InChI=1S/C11H21N5O/c1-16-14-10(13-15-16)8-17-9-11(12)6-4-2-3-5-7-11/h2-9,12H2,1H3. The van der Waals surface area contributed by atoms with Crippen molar-refractivity contribution in [2.24, 2.45) is 12.8 Å². The maximum atomic E-state index is 6.34.